The molecule has 0 aliphatic carbocycles. The molecule has 4 nitrogen and oxygen atoms in total. The SMILES string of the molecule is O=S(=O)(c1ccc(C(F)(F)F)cc1)N1CCC(N2CCc3sccc3C2)CC1. The zero-order valence-corrected chi connectivity index (χ0v) is 16.8. The lowest BCUT2D eigenvalue weighted by molar-refractivity contribution is -0.137. The fraction of sp³-hybridized carbons (Fsp3) is 0.474. The first kappa shape index (κ1) is 19.9. The second kappa shape index (κ2) is 7.44. The van der Waals surface area contributed by atoms with Crippen LogP contribution >= 0.6 is 11.3 Å². The normalized spacial score (nSPS) is 20.2. The van der Waals surface area contributed by atoms with Gasteiger partial charge in [-0.3, -0.25) is 4.90 Å². The van der Waals surface area contributed by atoms with E-state index in [0.717, 1.165) is 56.6 Å². The Labute approximate surface area is 166 Å². The molecular weight excluding hydrogens is 409 g/mol. The van der Waals surface area contributed by atoms with Gasteiger partial charge in [-0.25, -0.2) is 8.42 Å². The molecule has 0 bridgehead atoms. The van der Waals surface area contributed by atoms with E-state index in [0.29, 0.717) is 19.1 Å². The summed E-state index contributed by atoms with van der Waals surface area (Å²) < 4.78 is 65.1. The van der Waals surface area contributed by atoms with Gasteiger partial charge in [-0.05, 0) is 60.5 Å². The Morgan fingerprint density at radius 1 is 1.00 bits per heavy atom. The van der Waals surface area contributed by atoms with Gasteiger partial charge in [0.2, 0.25) is 10.0 Å². The van der Waals surface area contributed by atoms with Crippen molar-refractivity contribution in [2.75, 3.05) is 19.6 Å². The highest BCUT2D eigenvalue weighted by molar-refractivity contribution is 7.89. The van der Waals surface area contributed by atoms with Crippen LogP contribution in [0, 0.1) is 0 Å². The number of sulfonamides is 1. The van der Waals surface area contributed by atoms with Crippen molar-refractivity contribution < 1.29 is 21.6 Å². The molecule has 0 amide bonds. The first-order valence-electron chi connectivity index (χ1n) is 9.22. The summed E-state index contributed by atoms with van der Waals surface area (Å²) in [5.74, 6) is 0. The van der Waals surface area contributed by atoms with Crippen molar-refractivity contribution >= 4 is 21.4 Å². The van der Waals surface area contributed by atoms with Gasteiger partial charge >= 0.3 is 6.18 Å². The third-order valence-electron chi connectivity index (χ3n) is 5.60. The van der Waals surface area contributed by atoms with Crippen molar-refractivity contribution in [1.82, 2.24) is 9.21 Å². The predicted molar refractivity (Wildman–Crippen MR) is 102 cm³/mol. The molecule has 0 atom stereocenters. The number of hydrogen-bond acceptors (Lipinski definition) is 4. The second-order valence-corrected chi connectivity index (χ2v) is 10.2. The van der Waals surface area contributed by atoms with Crippen LogP contribution in [0.25, 0.3) is 0 Å². The second-order valence-electron chi connectivity index (χ2n) is 7.25. The Morgan fingerprint density at radius 2 is 1.68 bits per heavy atom. The summed E-state index contributed by atoms with van der Waals surface area (Å²) in [5, 5.41) is 2.12. The van der Waals surface area contributed by atoms with E-state index in [4.69, 9.17) is 0 Å². The van der Waals surface area contributed by atoms with Gasteiger partial charge in [0.15, 0.2) is 0 Å². The average molecular weight is 431 g/mol. The van der Waals surface area contributed by atoms with Crippen molar-refractivity contribution in [3.05, 3.63) is 51.7 Å². The largest absolute Gasteiger partial charge is 0.416 e. The van der Waals surface area contributed by atoms with Gasteiger partial charge in [-0.1, -0.05) is 0 Å². The van der Waals surface area contributed by atoms with Gasteiger partial charge in [0.1, 0.15) is 0 Å². The third-order valence-corrected chi connectivity index (χ3v) is 8.53. The standard InChI is InChI=1S/C19H21F3N2O2S2/c20-19(21,22)15-1-3-17(4-2-15)28(25,26)24-10-5-16(6-11-24)23-9-7-18-14(13-23)8-12-27-18/h1-4,8,12,16H,5-7,9-11,13H2. The molecule has 3 heterocycles. The van der Waals surface area contributed by atoms with E-state index in [1.54, 1.807) is 11.3 Å². The van der Waals surface area contributed by atoms with E-state index in [1.807, 2.05) is 0 Å². The molecule has 2 aliphatic rings. The summed E-state index contributed by atoms with van der Waals surface area (Å²) in [6.07, 6.45) is -1.97. The molecule has 9 heteroatoms. The number of rotatable bonds is 3. The Hall–Kier alpha value is -1.42. The summed E-state index contributed by atoms with van der Waals surface area (Å²) in [6, 6.07) is 6.25. The smallest absolute Gasteiger partial charge is 0.296 e. The molecule has 2 aromatic rings. The minimum atomic E-state index is -4.47. The lowest BCUT2D eigenvalue weighted by atomic mass is 10.0. The molecule has 0 radical (unpaired) electrons. The summed E-state index contributed by atoms with van der Waals surface area (Å²) in [4.78, 5) is 3.79. The van der Waals surface area contributed by atoms with Gasteiger partial charge < -0.3 is 0 Å². The van der Waals surface area contributed by atoms with E-state index >= 15 is 0 Å². The molecule has 1 aromatic heterocycles. The lowest BCUT2D eigenvalue weighted by Gasteiger charge is -2.39. The molecule has 152 valence electrons. The number of thiophene rings is 1. The molecule has 0 unspecified atom stereocenters. The van der Waals surface area contributed by atoms with Crippen LogP contribution in [0.5, 0.6) is 0 Å². The van der Waals surface area contributed by atoms with E-state index in [1.165, 1.54) is 14.7 Å². The van der Waals surface area contributed by atoms with E-state index in [-0.39, 0.29) is 4.90 Å². The van der Waals surface area contributed by atoms with Crippen LogP contribution in [-0.2, 0) is 29.2 Å². The number of benzene rings is 1. The zero-order chi connectivity index (χ0) is 19.9. The topological polar surface area (TPSA) is 40.6 Å². The average Bonchev–Trinajstić information content (AvgIpc) is 3.15. The number of hydrogen-bond donors (Lipinski definition) is 0. The molecule has 4 rings (SSSR count). The fourth-order valence-corrected chi connectivity index (χ4v) is 6.35. The summed E-state index contributed by atoms with van der Waals surface area (Å²) in [6.45, 7) is 2.68. The molecule has 1 aromatic carbocycles. The Kier molecular flexibility index (Phi) is 5.28. The Balaban J connectivity index is 1.40. The van der Waals surface area contributed by atoms with Crippen LogP contribution in [0.15, 0.2) is 40.6 Å². The molecule has 0 saturated carbocycles. The summed E-state index contributed by atoms with van der Waals surface area (Å²) in [7, 11) is -3.77. The number of nitrogens with zero attached hydrogens (tertiary/aromatic N) is 2. The fourth-order valence-electron chi connectivity index (χ4n) is 3.99. The van der Waals surface area contributed by atoms with Crippen molar-refractivity contribution in [2.24, 2.45) is 0 Å². The van der Waals surface area contributed by atoms with Gasteiger partial charge in [0, 0.05) is 37.1 Å². The molecular formula is C19H21F3N2O2S2. The van der Waals surface area contributed by atoms with Crippen molar-refractivity contribution in [3.8, 4) is 0 Å². The summed E-state index contributed by atoms with van der Waals surface area (Å²) in [5.41, 5.74) is 0.527. The van der Waals surface area contributed by atoms with Crippen LogP contribution in [0.4, 0.5) is 13.2 Å². The summed E-state index contributed by atoms with van der Waals surface area (Å²) >= 11 is 1.79. The lowest BCUT2D eigenvalue weighted by Crippen LogP contribution is -2.47. The Morgan fingerprint density at radius 3 is 2.32 bits per heavy atom. The van der Waals surface area contributed by atoms with Crippen molar-refractivity contribution in [1.29, 1.82) is 0 Å². The van der Waals surface area contributed by atoms with Crippen molar-refractivity contribution in [3.63, 3.8) is 0 Å². The minimum absolute atomic E-state index is 0.0835. The Bertz CT molecular complexity index is 931. The number of halogens is 3. The quantitative estimate of drug-likeness (QED) is 0.740. The first-order chi connectivity index (χ1) is 13.2. The minimum Gasteiger partial charge on any atom is -0.296 e. The maximum atomic E-state index is 12.8. The molecule has 28 heavy (non-hydrogen) atoms. The van der Waals surface area contributed by atoms with Crippen LogP contribution in [0.3, 0.4) is 0 Å². The van der Waals surface area contributed by atoms with E-state index < -0.39 is 21.8 Å². The molecule has 2 aliphatic heterocycles. The van der Waals surface area contributed by atoms with Crippen LogP contribution in [-0.4, -0.2) is 43.3 Å². The van der Waals surface area contributed by atoms with Crippen LogP contribution in [0.2, 0.25) is 0 Å². The number of fused-ring (bicyclic) bond motifs is 1. The van der Waals surface area contributed by atoms with Crippen LogP contribution in [0.1, 0.15) is 28.8 Å². The van der Waals surface area contributed by atoms with Crippen LogP contribution < -0.4 is 0 Å². The van der Waals surface area contributed by atoms with Crippen molar-refractivity contribution in [2.45, 2.75) is 42.9 Å². The highest BCUT2D eigenvalue weighted by atomic mass is 32.2. The molecule has 1 fully saturated rings. The van der Waals surface area contributed by atoms with E-state index in [2.05, 4.69) is 16.3 Å². The maximum absolute atomic E-state index is 12.8. The monoisotopic (exact) mass is 430 g/mol. The van der Waals surface area contributed by atoms with Gasteiger partial charge in [0.25, 0.3) is 0 Å². The maximum Gasteiger partial charge on any atom is 0.416 e. The van der Waals surface area contributed by atoms with Gasteiger partial charge in [-0.15, -0.1) is 11.3 Å². The van der Waals surface area contributed by atoms with Gasteiger partial charge in [0.05, 0.1) is 10.5 Å². The molecule has 0 N–H and O–H groups in total. The number of alkyl halides is 3. The predicted octanol–water partition coefficient (Wildman–Crippen LogP) is 3.98. The molecule has 0 spiro atoms. The van der Waals surface area contributed by atoms with Gasteiger partial charge in [-0.2, -0.15) is 17.5 Å². The first-order valence-corrected chi connectivity index (χ1v) is 11.5. The third kappa shape index (κ3) is 3.85. The zero-order valence-electron chi connectivity index (χ0n) is 15.2. The highest BCUT2D eigenvalue weighted by Gasteiger charge is 2.34. The van der Waals surface area contributed by atoms with E-state index in [9.17, 15) is 21.6 Å². The molecule has 1 saturated heterocycles. The number of piperidine rings is 1. The highest BCUT2D eigenvalue weighted by Crippen LogP contribution is 2.32.